The SMILES string of the molecule is Cc1ccc2c(c1)CCN(C(=O)[C@@H](NC(=O)[C@H](CCCC(=O)O)NC(=O)[C@H]1Nc3ccc(F)cc3C1(C)C)C(C)C)C2C(=O)N[C@H](C=O)CC(=O)O. The first-order chi connectivity index (χ1) is 24.4. The van der Waals surface area contributed by atoms with Crippen molar-refractivity contribution in [1.82, 2.24) is 20.9 Å². The van der Waals surface area contributed by atoms with Crippen LogP contribution in [-0.4, -0.2) is 87.7 Å². The zero-order chi connectivity index (χ0) is 38.5. The van der Waals surface area contributed by atoms with Crippen LogP contribution in [0.2, 0.25) is 0 Å². The monoisotopic (exact) mass is 723 g/mol. The Hall–Kier alpha value is -5.34. The van der Waals surface area contributed by atoms with Gasteiger partial charge in [0.25, 0.3) is 0 Å². The number of aryl methyl sites for hydroxylation is 1. The topological polar surface area (TPSA) is 211 Å². The van der Waals surface area contributed by atoms with E-state index in [1.807, 2.05) is 13.0 Å². The Morgan fingerprint density at radius 3 is 2.35 bits per heavy atom. The molecule has 0 saturated heterocycles. The summed E-state index contributed by atoms with van der Waals surface area (Å²) in [4.78, 5) is 91.3. The molecule has 2 aromatic rings. The molecule has 1 unspecified atom stereocenters. The van der Waals surface area contributed by atoms with E-state index in [1.54, 1.807) is 39.8 Å². The maximum atomic E-state index is 14.4. The zero-order valence-corrected chi connectivity index (χ0v) is 29.8. The van der Waals surface area contributed by atoms with Crippen molar-refractivity contribution in [3.63, 3.8) is 0 Å². The van der Waals surface area contributed by atoms with Gasteiger partial charge in [-0.15, -0.1) is 0 Å². The van der Waals surface area contributed by atoms with Gasteiger partial charge in [-0.2, -0.15) is 0 Å². The number of nitrogens with one attached hydrogen (secondary N) is 4. The molecule has 52 heavy (non-hydrogen) atoms. The van der Waals surface area contributed by atoms with Gasteiger partial charge in [0.15, 0.2) is 0 Å². The number of carboxylic acids is 2. The van der Waals surface area contributed by atoms with E-state index in [9.17, 15) is 48.2 Å². The van der Waals surface area contributed by atoms with E-state index >= 15 is 0 Å². The molecule has 0 aromatic heterocycles. The van der Waals surface area contributed by atoms with Gasteiger partial charge in [-0.25, -0.2) is 4.39 Å². The predicted molar refractivity (Wildman–Crippen MR) is 187 cm³/mol. The number of rotatable bonds is 15. The Balaban J connectivity index is 1.60. The quantitative estimate of drug-likeness (QED) is 0.148. The fourth-order valence-electron chi connectivity index (χ4n) is 6.85. The van der Waals surface area contributed by atoms with Crippen molar-refractivity contribution in [2.75, 3.05) is 11.9 Å². The third-order valence-corrected chi connectivity index (χ3v) is 9.65. The number of benzene rings is 2. The number of nitrogens with zero attached hydrogens (tertiary/aromatic N) is 1. The highest BCUT2D eigenvalue weighted by atomic mass is 19.1. The Bertz CT molecular complexity index is 1750. The van der Waals surface area contributed by atoms with Crippen LogP contribution in [0.5, 0.6) is 0 Å². The summed E-state index contributed by atoms with van der Waals surface area (Å²) in [5.74, 6) is -6.12. The molecule has 0 aliphatic carbocycles. The third kappa shape index (κ3) is 8.93. The summed E-state index contributed by atoms with van der Waals surface area (Å²) in [6.07, 6.45) is -0.298. The first-order valence-electron chi connectivity index (χ1n) is 17.2. The first kappa shape index (κ1) is 39.4. The molecule has 4 amide bonds. The number of halogens is 1. The van der Waals surface area contributed by atoms with Gasteiger partial charge in [0.05, 0.1) is 12.5 Å². The molecule has 14 nitrogen and oxygen atoms in total. The van der Waals surface area contributed by atoms with Crippen molar-refractivity contribution >= 4 is 47.5 Å². The van der Waals surface area contributed by atoms with Gasteiger partial charge < -0.3 is 41.2 Å². The van der Waals surface area contributed by atoms with Crippen LogP contribution in [0, 0.1) is 18.7 Å². The Morgan fingerprint density at radius 2 is 1.71 bits per heavy atom. The van der Waals surface area contributed by atoms with E-state index in [0.717, 1.165) is 11.1 Å². The number of amides is 4. The fraction of sp³-hybridized carbons (Fsp3) is 0.486. The van der Waals surface area contributed by atoms with Crippen LogP contribution in [0.25, 0.3) is 0 Å². The molecular weight excluding hydrogens is 677 g/mol. The summed E-state index contributed by atoms with van der Waals surface area (Å²) in [5, 5.41) is 29.5. The highest BCUT2D eigenvalue weighted by molar-refractivity contribution is 5.97. The summed E-state index contributed by atoms with van der Waals surface area (Å²) >= 11 is 0. The van der Waals surface area contributed by atoms with Gasteiger partial charge in [-0.3, -0.25) is 28.8 Å². The van der Waals surface area contributed by atoms with Gasteiger partial charge in [-0.05, 0) is 67.0 Å². The van der Waals surface area contributed by atoms with Gasteiger partial charge in [0.2, 0.25) is 23.6 Å². The number of aldehydes is 1. The highest BCUT2D eigenvalue weighted by Gasteiger charge is 2.45. The number of carboxylic acid groups (broad SMARTS) is 2. The van der Waals surface area contributed by atoms with Gasteiger partial charge in [0, 0.05) is 24.1 Å². The second-order valence-corrected chi connectivity index (χ2v) is 14.3. The van der Waals surface area contributed by atoms with E-state index in [0.29, 0.717) is 29.5 Å². The minimum atomic E-state index is -1.35. The Labute approximate surface area is 300 Å². The second-order valence-electron chi connectivity index (χ2n) is 14.3. The number of carbonyl (C=O) groups is 7. The maximum Gasteiger partial charge on any atom is 0.305 e. The smallest absolute Gasteiger partial charge is 0.305 e. The summed E-state index contributed by atoms with van der Waals surface area (Å²) < 4.78 is 14.1. The molecule has 6 N–H and O–H groups in total. The van der Waals surface area contributed by atoms with Crippen molar-refractivity contribution in [2.24, 2.45) is 5.92 Å². The molecular formula is C37H46FN5O9. The molecule has 2 aliphatic heterocycles. The number of hydrogen-bond donors (Lipinski definition) is 6. The van der Waals surface area contributed by atoms with Crippen molar-refractivity contribution in [3.05, 3.63) is 64.5 Å². The summed E-state index contributed by atoms with van der Waals surface area (Å²) in [6.45, 7) is 8.83. The molecule has 0 saturated carbocycles. The lowest BCUT2D eigenvalue weighted by Gasteiger charge is -2.39. The molecule has 2 heterocycles. The molecule has 5 atom stereocenters. The molecule has 0 spiro atoms. The van der Waals surface area contributed by atoms with E-state index < -0.39 is 89.3 Å². The van der Waals surface area contributed by atoms with Gasteiger partial charge in [0.1, 0.15) is 36.3 Å². The molecule has 4 rings (SSSR count). The number of carbonyl (C=O) groups excluding carboxylic acids is 5. The lowest BCUT2D eigenvalue weighted by atomic mass is 9.80. The zero-order valence-electron chi connectivity index (χ0n) is 29.8. The lowest BCUT2D eigenvalue weighted by Crippen LogP contribution is -2.60. The maximum absolute atomic E-state index is 14.4. The van der Waals surface area contributed by atoms with Gasteiger partial charge >= 0.3 is 11.9 Å². The van der Waals surface area contributed by atoms with Crippen molar-refractivity contribution < 1.29 is 48.2 Å². The van der Waals surface area contributed by atoms with E-state index in [-0.39, 0.29) is 25.8 Å². The number of hydrogen-bond acceptors (Lipinski definition) is 8. The number of fused-ring (bicyclic) bond motifs is 2. The minimum Gasteiger partial charge on any atom is -0.481 e. The van der Waals surface area contributed by atoms with E-state index in [4.69, 9.17) is 0 Å². The van der Waals surface area contributed by atoms with Crippen LogP contribution in [0.4, 0.5) is 10.1 Å². The Morgan fingerprint density at radius 1 is 1.00 bits per heavy atom. The largest absolute Gasteiger partial charge is 0.481 e. The van der Waals surface area contributed by atoms with Crippen molar-refractivity contribution in [2.45, 2.75) is 102 Å². The molecule has 280 valence electrons. The number of anilines is 1. The fourth-order valence-corrected chi connectivity index (χ4v) is 6.85. The van der Waals surface area contributed by atoms with Crippen LogP contribution < -0.4 is 21.3 Å². The normalized spacial score (nSPS) is 18.9. The first-order valence-corrected chi connectivity index (χ1v) is 17.2. The molecule has 15 heteroatoms. The lowest BCUT2D eigenvalue weighted by molar-refractivity contribution is -0.146. The average molecular weight is 724 g/mol. The average Bonchev–Trinajstić information content (AvgIpc) is 3.33. The van der Waals surface area contributed by atoms with Gasteiger partial charge in [-0.1, -0.05) is 51.5 Å². The van der Waals surface area contributed by atoms with Crippen LogP contribution in [0.1, 0.15) is 81.7 Å². The van der Waals surface area contributed by atoms with Crippen LogP contribution in [0.3, 0.4) is 0 Å². The molecule has 0 fully saturated rings. The van der Waals surface area contributed by atoms with E-state index in [1.165, 1.54) is 23.1 Å². The second kappa shape index (κ2) is 16.3. The molecule has 0 radical (unpaired) electrons. The minimum absolute atomic E-state index is 0.0275. The molecule has 0 bridgehead atoms. The van der Waals surface area contributed by atoms with Crippen molar-refractivity contribution in [1.29, 1.82) is 0 Å². The predicted octanol–water partition coefficient (Wildman–Crippen LogP) is 2.37. The molecule has 2 aliphatic rings. The van der Waals surface area contributed by atoms with Crippen LogP contribution >= 0.6 is 0 Å². The van der Waals surface area contributed by atoms with Crippen LogP contribution in [-0.2, 0) is 45.4 Å². The third-order valence-electron chi connectivity index (χ3n) is 9.65. The number of aliphatic carboxylic acids is 2. The summed E-state index contributed by atoms with van der Waals surface area (Å²) in [6, 6.07) is 3.50. The summed E-state index contributed by atoms with van der Waals surface area (Å²) in [7, 11) is 0. The highest BCUT2D eigenvalue weighted by Crippen LogP contribution is 2.41. The standard InChI is InChI=1S/C37H46FN5O9/c1-19(2)30(36(52)43-14-13-21-15-20(3)9-11-24(21)31(43)34(50)39-23(18-44)17-29(47)48)42-33(49)27(7-6-8-28(45)46)41-35(51)32-37(4,5)25-16-22(38)10-12-26(25)40-32/h9-12,15-16,18-19,23,27,30-32,40H,6-8,13-14,17H2,1-5H3,(H,39,50)(H,41,51)(H,42,49)(H,45,46)(H,47,48)/t23-,27-,30-,31?,32+/m0/s1. The molecule has 2 aromatic carbocycles. The van der Waals surface area contributed by atoms with Crippen LogP contribution in [0.15, 0.2) is 36.4 Å². The van der Waals surface area contributed by atoms with Crippen molar-refractivity contribution in [3.8, 4) is 0 Å². The Kier molecular flexibility index (Phi) is 12.4. The van der Waals surface area contributed by atoms with E-state index in [2.05, 4.69) is 21.3 Å². The summed E-state index contributed by atoms with van der Waals surface area (Å²) in [5.41, 5.74) is 2.46.